The van der Waals surface area contributed by atoms with Gasteiger partial charge in [-0.3, -0.25) is 4.99 Å². The van der Waals surface area contributed by atoms with E-state index in [1.54, 1.807) is 14.2 Å². The molecule has 1 fully saturated rings. The predicted octanol–water partition coefficient (Wildman–Crippen LogP) is 1.92. The highest BCUT2D eigenvalue weighted by Crippen LogP contribution is 2.28. The van der Waals surface area contributed by atoms with Crippen LogP contribution in [0.4, 0.5) is 5.69 Å². The molecule has 1 aromatic rings. The van der Waals surface area contributed by atoms with Crippen LogP contribution in [0.15, 0.2) is 23.2 Å². The van der Waals surface area contributed by atoms with Crippen molar-refractivity contribution >= 4 is 11.6 Å². The van der Waals surface area contributed by atoms with Crippen LogP contribution in [0.3, 0.4) is 0 Å². The van der Waals surface area contributed by atoms with Crippen LogP contribution in [0.2, 0.25) is 0 Å². The summed E-state index contributed by atoms with van der Waals surface area (Å²) in [5.41, 5.74) is 6.71. The zero-order valence-electron chi connectivity index (χ0n) is 13.5. The minimum absolute atomic E-state index is 0.392. The number of nitrogens with two attached hydrogens (primary N) is 1. The topological polar surface area (TPSA) is 72.1 Å². The zero-order chi connectivity index (χ0) is 15.8. The Bertz CT molecular complexity index is 499. The third-order valence-electron chi connectivity index (χ3n) is 3.82. The average molecular weight is 306 g/mol. The SMILES string of the molecule is COc1ccc(OC)c(NC(N)=NCCN2CCCCC2)c1. The monoisotopic (exact) mass is 306 g/mol. The van der Waals surface area contributed by atoms with Gasteiger partial charge < -0.3 is 25.4 Å². The normalized spacial score (nSPS) is 16.4. The van der Waals surface area contributed by atoms with Crippen molar-refractivity contribution in [3.63, 3.8) is 0 Å². The molecule has 3 N–H and O–H groups in total. The van der Waals surface area contributed by atoms with Crippen molar-refractivity contribution in [3.8, 4) is 11.5 Å². The maximum atomic E-state index is 5.96. The molecule has 0 unspecified atom stereocenters. The summed E-state index contributed by atoms with van der Waals surface area (Å²) in [6.45, 7) is 4.00. The van der Waals surface area contributed by atoms with Crippen molar-refractivity contribution in [1.29, 1.82) is 0 Å². The first-order valence-electron chi connectivity index (χ1n) is 7.74. The third-order valence-corrected chi connectivity index (χ3v) is 3.82. The molecular weight excluding hydrogens is 280 g/mol. The van der Waals surface area contributed by atoms with Crippen LogP contribution in [0, 0.1) is 0 Å². The van der Waals surface area contributed by atoms with Crippen molar-refractivity contribution in [1.82, 2.24) is 4.90 Å². The number of guanidine groups is 1. The molecule has 1 aromatic carbocycles. The molecule has 6 nitrogen and oxygen atoms in total. The Morgan fingerprint density at radius 2 is 2.00 bits per heavy atom. The lowest BCUT2D eigenvalue weighted by molar-refractivity contribution is 0.235. The van der Waals surface area contributed by atoms with E-state index in [0.29, 0.717) is 18.3 Å². The fourth-order valence-corrected chi connectivity index (χ4v) is 2.58. The molecule has 22 heavy (non-hydrogen) atoms. The molecule has 6 heteroatoms. The van der Waals surface area contributed by atoms with E-state index in [-0.39, 0.29) is 0 Å². The molecule has 122 valence electrons. The second-order valence-corrected chi connectivity index (χ2v) is 5.36. The third kappa shape index (κ3) is 4.80. The summed E-state index contributed by atoms with van der Waals surface area (Å²) in [7, 11) is 3.25. The lowest BCUT2D eigenvalue weighted by atomic mass is 10.1. The highest BCUT2D eigenvalue weighted by Gasteiger charge is 2.09. The summed E-state index contributed by atoms with van der Waals surface area (Å²) in [6, 6.07) is 5.52. The Morgan fingerprint density at radius 3 is 2.68 bits per heavy atom. The summed E-state index contributed by atoms with van der Waals surface area (Å²) >= 11 is 0. The van der Waals surface area contributed by atoms with Gasteiger partial charge in [-0.15, -0.1) is 0 Å². The van der Waals surface area contributed by atoms with Gasteiger partial charge in [-0.2, -0.15) is 0 Å². The predicted molar refractivity (Wildman–Crippen MR) is 89.9 cm³/mol. The Hall–Kier alpha value is -1.95. The molecule has 1 aliphatic heterocycles. The van der Waals surface area contributed by atoms with Crippen LogP contribution in [0.1, 0.15) is 19.3 Å². The maximum absolute atomic E-state index is 5.96. The van der Waals surface area contributed by atoms with Crippen LogP contribution in [0.25, 0.3) is 0 Å². The number of ether oxygens (including phenoxy) is 2. The minimum Gasteiger partial charge on any atom is -0.497 e. The van der Waals surface area contributed by atoms with Crippen molar-refractivity contribution in [2.24, 2.45) is 10.7 Å². The zero-order valence-corrected chi connectivity index (χ0v) is 13.5. The first kappa shape index (κ1) is 16.4. The van der Waals surface area contributed by atoms with Crippen molar-refractivity contribution in [2.75, 3.05) is 45.7 Å². The van der Waals surface area contributed by atoms with Crippen LogP contribution in [0.5, 0.6) is 11.5 Å². The van der Waals surface area contributed by atoms with E-state index in [0.717, 1.165) is 18.0 Å². The van der Waals surface area contributed by atoms with Gasteiger partial charge in [0.25, 0.3) is 0 Å². The number of aliphatic imine (C=N–C) groups is 1. The minimum atomic E-state index is 0.392. The van der Waals surface area contributed by atoms with Gasteiger partial charge in [0.15, 0.2) is 5.96 Å². The standard InChI is InChI=1S/C16H26N4O2/c1-21-13-6-7-15(22-2)14(12-13)19-16(17)18-8-11-20-9-4-3-5-10-20/h6-7,12H,3-5,8-11H2,1-2H3,(H3,17,18,19). The molecule has 0 aromatic heterocycles. The first-order valence-corrected chi connectivity index (χ1v) is 7.74. The number of piperidine rings is 1. The largest absolute Gasteiger partial charge is 0.497 e. The van der Waals surface area contributed by atoms with Gasteiger partial charge in [-0.05, 0) is 38.1 Å². The summed E-state index contributed by atoms with van der Waals surface area (Å²) in [4.78, 5) is 6.83. The molecule has 0 bridgehead atoms. The Kier molecular flexibility index (Phi) is 6.33. The number of hydrogen-bond acceptors (Lipinski definition) is 4. The quantitative estimate of drug-likeness (QED) is 0.620. The van der Waals surface area contributed by atoms with Gasteiger partial charge in [0.05, 0.1) is 26.5 Å². The van der Waals surface area contributed by atoms with Gasteiger partial charge in [0.2, 0.25) is 0 Å². The van der Waals surface area contributed by atoms with Gasteiger partial charge >= 0.3 is 0 Å². The Labute approximate surface area is 132 Å². The molecule has 0 aliphatic carbocycles. The molecule has 0 atom stereocenters. The number of nitrogens with zero attached hydrogens (tertiary/aromatic N) is 2. The molecular formula is C16H26N4O2. The van der Waals surface area contributed by atoms with Crippen molar-refractivity contribution in [2.45, 2.75) is 19.3 Å². The van der Waals surface area contributed by atoms with Gasteiger partial charge in [-0.25, -0.2) is 0 Å². The number of methoxy groups -OCH3 is 2. The van der Waals surface area contributed by atoms with E-state index in [9.17, 15) is 0 Å². The van der Waals surface area contributed by atoms with E-state index in [2.05, 4.69) is 15.2 Å². The molecule has 2 rings (SSSR count). The lowest BCUT2D eigenvalue weighted by Gasteiger charge is -2.25. The molecule has 1 aliphatic rings. The fraction of sp³-hybridized carbons (Fsp3) is 0.562. The number of rotatable bonds is 6. The van der Waals surface area contributed by atoms with E-state index >= 15 is 0 Å². The summed E-state index contributed by atoms with van der Waals surface area (Å²) in [5, 5.41) is 3.08. The van der Waals surface area contributed by atoms with Crippen molar-refractivity contribution < 1.29 is 9.47 Å². The summed E-state index contributed by atoms with van der Waals surface area (Å²) < 4.78 is 10.5. The molecule has 0 amide bonds. The molecule has 1 saturated heterocycles. The second kappa shape index (κ2) is 8.48. The smallest absolute Gasteiger partial charge is 0.193 e. The van der Waals surface area contributed by atoms with Gasteiger partial charge in [-0.1, -0.05) is 6.42 Å². The Morgan fingerprint density at radius 1 is 1.23 bits per heavy atom. The van der Waals surface area contributed by atoms with E-state index < -0.39 is 0 Å². The summed E-state index contributed by atoms with van der Waals surface area (Å²) in [6.07, 6.45) is 3.93. The first-order chi connectivity index (χ1) is 10.7. The van der Waals surface area contributed by atoms with E-state index in [4.69, 9.17) is 15.2 Å². The molecule has 0 radical (unpaired) electrons. The molecule has 1 heterocycles. The molecule has 0 spiro atoms. The van der Waals surface area contributed by atoms with E-state index in [1.165, 1.54) is 32.4 Å². The van der Waals surface area contributed by atoms with Crippen molar-refractivity contribution in [3.05, 3.63) is 18.2 Å². The van der Waals surface area contributed by atoms with Crippen LogP contribution < -0.4 is 20.5 Å². The van der Waals surface area contributed by atoms with E-state index in [1.807, 2.05) is 18.2 Å². The highest BCUT2D eigenvalue weighted by molar-refractivity contribution is 5.94. The average Bonchev–Trinajstić information content (AvgIpc) is 2.55. The van der Waals surface area contributed by atoms with Crippen LogP contribution >= 0.6 is 0 Å². The number of likely N-dealkylation sites (tertiary alicyclic amines) is 1. The lowest BCUT2D eigenvalue weighted by Crippen LogP contribution is -2.32. The number of nitrogens with one attached hydrogen (secondary N) is 1. The molecule has 0 saturated carbocycles. The van der Waals surface area contributed by atoms with Gasteiger partial charge in [0.1, 0.15) is 11.5 Å². The second-order valence-electron chi connectivity index (χ2n) is 5.36. The summed E-state index contributed by atoms with van der Waals surface area (Å²) in [5.74, 6) is 1.84. The highest BCUT2D eigenvalue weighted by atomic mass is 16.5. The van der Waals surface area contributed by atoms with Gasteiger partial charge in [0, 0.05) is 12.6 Å². The fourth-order valence-electron chi connectivity index (χ4n) is 2.58. The number of anilines is 1. The van der Waals surface area contributed by atoms with Crippen LogP contribution in [-0.4, -0.2) is 51.3 Å². The number of benzene rings is 1. The van der Waals surface area contributed by atoms with Crippen LogP contribution in [-0.2, 0) is 0 Å². The number of hydrogen-bond donors (Lipinski definition) is 2. The maximum Gasteiger partial charge on any atom is 0.193 e. The Balaban J connectivity index is 1.89.